The summed E-state index contributed by atoms with van der Waals surface area (Å²) in [7, 11) is 3.19. The normalized spacial score (nSPS) is 14.4. The maximum atomic E-state index is 13.4. The second kappa shape index (κ2) is 12.2. The standard InChI is InChI=1S/C29H33N3O5/c1-4-37-23-12-10-22(11-13-23)31-29(34)32-15-14-21-17-26(35-2)27(36-3)18-24(21)25(32)19-30-28(33)16-20-8-6-5-7-9-20/h5-13,17-18,25H,4,14-16,19H2,1-3H3,(H,30,33)(H,31,34)/t25-/m1/s1. The van der Waals surface area contributed by atoms with Crippen LogP contribution in [0.3, 0.4) is 0 Å². The van der Waals surface area contributed by atoms with Crippen molar-refractivity contribution in [3.05, 3.63) is 83.4 Å². The van der Waals surface area contributed by atoms with E-state index in [9.17, 15) is 9.59 Å². The van der Waals surface area contributed by atoms with Crippen molar-refractivity contribution in [2.24, 2.45) is 0 Å². The first kappa shape index (κ1) is 25.9. The van der Waals surface area contributed by atoms with Crippen molar-refractivity contribution in [3.8, 4) is 17.2 Å². The van der Waals surface area contributed by atoms with Gasteiger partial charge < -0.3 is 29.7 Å². The number of nitrogens with zero attached hydrogens (tertiary/aromatic N) is 1. The first-order chi connectivity index (χ1) is 18.0. The van der Waals surface area contributed by atoms with E-state index in [4.69, 9.17) is 14.2 Å². The molecule has 37 heavy (non-hydrogen) atoms. The Labute approximate surface area is 217 Å². The summed E-state index contributed by atoms with van der Waals surface area (Å²) >= 11 is 0. The molecular weight excluding hydrogens is 470 g/mol. The lowest BCUT2D eigenvalue weighted by molar-refractivity contribution is -0.120. The molecule has 8 heteroatoms. The van der Waals surface area contributed by atoms with Crippen molar-refractivity contribution in [2.45, 2.75) is 25.8 Å². The zero-order valence-corrected chi connectivity index (χ0v) is 21.5. The van der Waals surface area contributed by atoms with Crippen LogP contribution in [-0.2, 0) is 17.6 Å². The summed E-state index contributed by atoms with van der Waals surface area (Å²) in [4.78, 5) is 27.9. The van der Waals surface area contributed by atoms with Crippen LogP contribution in [0.2, 0.25) is 0 Å². The molecule has 4 rings (SSSR count). The molecule has 1 atom stereocenters. The summed E-state index contributed by atoms with van der Waals surface area (Å²) in [5.41, 5.74) is 3.58. The molecule has 3 amide bonds. The van der Waals surface area contributed by atoms with Crippen LogP contribution in [0.15, 0.2) is 66.7 Å². The largest absolute Gasteiger partial charge is 0.494 e. The number of carbonyl (C=O) groups is 2. The van der Waals surface area contributed by atoms with Gasteiger partial charge in [-0.15, -0.1) is 0 Å². The highest BCUT2D eigenvalue weighted by Crippen LogP contribution is 2.38. The molecule has 1 aliphatic heterocycles. The van der Waals surface area contributed by atoms with Gasteiger partial charge in [0, 0.05) is 18.8 Å². The quantitative estimate of drug-likeness (QED) is 0.446. The van der Waals surface area contributed by atoms with Crippen LogP contribution in [0, 0.1) is 0 Å². The topological polar surface area (TPSA) is 89.1 Å². The molecule has 0 saturated heterocycles. The van der Waals surface area contributed by atoms with Crippen LogP contribution in [0.4, 0.5) is 10.5 Å². The van der Waals surface area contributed by atoms with Gasteiger partial charge in [-0.3, -0.25) is 4.79 Å². The first-order valence-corrected chi connectivity index (χ1v) is 12.4. The zero-order chi connectivity index (χ0) is 26.2. The summed E-state index contributed by atoms with van der Waals surface area (Å²) in [5.74, 6) is 1.86. The maximum absolute atomic E-state index is 13.4. The Hall–Kier alpha value is -4.20. The number of nitrogens with one attached hydrogen (secondary N) is 2. The molecule has 0 radical (unpaired) electrons. The van der Waals surface area contributed by atoms with Crippen molar-refractivity contribution in [1.82, 2.24) is 10.2 Å². The molecule has 3 aromatic carbocycles. The Morgan fingerprint density at radius 3 is 2.35 bits per heavy atom. The molecule has 0 unspecified atom stereocenters. The number of carbonyl (C=O) groups excluding carboxylic acids is 2. The highest BCUT2D eigenvalue weighted by atomic mass is 16.5. The van der Waals surface area contributed by atoms with Gasteiger partial charge in [0.05, 0.1) is 33.3 Å². The number of urea groups is 1. The summed E-state index contributed by atoms with van der Waals surface area (Å²) in [5, 5.41) is 6.01. The fourth-order valence-corrected chi connectivity index (χ4v) is 4.54. The fourth-order valence-electron chi connectivity index (χ4n) is 4.54. The third-order valence-electron chi connectivity index (χ3n) is 6.38. The number of ether oxygens (including phenoxy) is 3. The number of fused-ring (bicyclic) bond motifs is 1. The number of methoxy groups -OCH3 is 2. The minimum atomic E-state index is -0.383. The zero-order valence-electron chi connectivity index (χ0n) is 21.5. The molecule has 2 N–H and O–H groups in total. The average molecular weight is 504 g/mol. The lowest BCUT2D eigenvalue weighted by Crippen LogP contribution is -2.47. The van der Waals surface area contributed by atoms with E-state index < -0.39 is 0 Å². The molecular formula is C29H33N3O5. The number of rotatable bonds is 9. The first-order valence-electron chi connectivity index (χ1n) is 12.4. The SMILES string of the molecule is CCOc1ccc(NC(=O)N2CCc3cc(OC)c(OC)cc3[C@H]2CNC(=O)Cc2ccccc2)cc1. The number of hydrogen-bond acceptors (Lipinski definition) is 5. The maximum Gasteiger partial charge on any atom is 0.322 e. The molecule has 0 fully saturated rings. The van der Waals surface area contributed by atoms with E-state index in [-0.39, 0.29) is 30.9 Å². The van der Waals surface area contributed by atoms with Crippen LogP contribution in [0.25, 0.3) is 0 Å². The Kier molecular flexibility index (Phi) is 8.51. The van der Waals surface area contributed by atoms with Crippen LogP contribution in [0.1, 0.15) is 29.7 Å². The third-order valence-corrected chi connectivity index (χ3v) is 6.38. The van der Waals surface area contributed by atoms with E-state index >= 15 is 0 Å². The van der Waals surface area contributed by atoms with Crippen molar-refractivity contribution in [1.29, 1.82) is 0 Å². The van der Waals surface area contributed by atoms with Gasteiger partial charge in [-0.25, -0.2) is 4.79 Å². The fraction of sp³-hybridized carbons (Fsp3) is 0.310. The molecule has 0 aromatic heterocycles. The average Bonchev–Trinajstić information content (AvgIpc) is 2.92. The predicted octanol–water partition coefficient (Wildman–Crippen LogP) is 4.59. The lowest BCUT2D eigenvalue weighted by atomic mass is 9.91. The van der Waals surface area contributed by atoms with Crippen molar-refractivity contribution in [2.75, 3.05) is 39.2 Å². The van der Waals surface area contributed by atoms with Crippen molar-refractivity contribution >= 4 is 17.6 Å². The van der Waals surface area contributed by atoms with Gasteiger partial charge in [0.2, 0.25) is 5.91 Å². The van der Waals surface area contributed by atoms with Crippen LogP contribution >= 0.6 is 0 Å². The minimum absolute atomic E-state index is 0.106. The van der Waals surface area contributed by atoms with Gasteiger partial charge in [-0.2, -0.15) is 0 Å². The summed E-state index contributed by atoms with van der Waals surface area (Å²) in [6, 6.07) is 20.1. The van der Waals surface area contributed by atoms with E-state index in [1.54, 1.807) is 19.1 Å². The van der Waals surface area contributed by atoms with Crippen LogP contribution < -0.4 is 24.8 Å². The number of anilines is 1. The van der Waals surface area contributed by atoms with Crippen molar-refractivity contribution in [3.63, 3.8) is 0 Å². The molecule has 0 saturated carbocycles. The van der Waals surface area contributed by atoms with Gasteiger partial charge in [0.15, 0.2) is 11.5 Å². The van der Waals surface area contributed by atoms with Gasteiger partial charge in [-0.05, 0) is 66.4 Å². The van der Waals surface area contributed by atoms with Crippen LogP contribution in [0.5, 0.6) is 17.2 Å². The van der Waals surface area contributed by atoms with Gasteiger partial charge in [0.25, 0.3) is 0 Å². The molecule has 0 spiro atoms. The van der Waals surface area contributed by atoms with Gasteiger partial charge >= 0.3 is 6.03 Å². The van der Waals surface area contributed by atoms with Crippen LogP contribution in [-0.4, -0.2) is 50.8 Å². The van der Waals surface area contributed by atoms with Gasteiger partial charge in [-0.1, -0.05) is 30.3 Å². The molecule has 0 bridgehead atoms. The van der Waals surface area contributed by atoms with E-state index in [2.05, 4.69) is 10.6 Å². The van der Waals surface area contributed by atoms with E-state index in [0.717, 1.165) is 22.4 Å². The molecule has 3 aromatic rings. The highest BCUT2D eigenvalue weighted by molar-refractivity contribution is 5.90. The molecule has 194 valence electrons. The second-order valence-corrected chi connectivity index (χ2v) is 8.72. The predicted molar refractivity (Wildman–Crippen MR) is 142 cm³/mol. The second-order valence-electron chi connectivity index (χ2n) is 8.72. The van der Waals surface area contributed by atoms with Gasteiger partial charge in [0.1, 0.15) is 5.75 Å². The summed E-state index contributed by atoms with van der Waals surface area (Å²) in [6.07, 6.45) is 0.922. The molecule has 8 nitrogen and oxygen atoms in total. The molecule has 1 heterocycles. The van der Waals surface area contributed by atoms with Crippen molar-refractivity contribution < 1.29 is 23.8 Å². The van der Waals surface area contributed by atoms with E-state index in [1.165, 1.54) is 0 Å². The third kappa shape index (κ3) is 6.33. The van der Waals surface area contributed by atoms with E-state index in [0.29, 0.717) is 36.8 Å². The van der Waals surface area contributed by atoms with E-state index in [1.807, 2.05) is 73.7 Å². The Bertz CT molecular complexity index is 1210. The number of amides is 3. The smallest absolute Gasteiger partial charge is 0.322 e. The Morgan fingerprint density at radius 2 is 1.68 bits per heavy atom. The molecule has 0 aliphatic carbocycles. The summed E-state index contributed by atoms with van der Waals surface area (Å²) < 4.78 is 16.5. The minimum Gasteiger partial charge on any atom is -0.494 e. The molecule has 1 aliphatic rings. The Morgan fingerprint density at radius 1 is 0.973 bits per heavy atom. The highest BCUT2D eigenvalue weighted by Gasteiger charge is 2.32. The monoisotopic (exact) mass is 503 g/mol. The summed E-state index contributed by atoms with van der Waals surface area (Å²) in [6.45, 7) is 3.26. The number of benzene rings is 3. The number of hydrogen-bond donors (Lipinski definition) is 2. The Balaban J connectivity index is 1.55. The lowest BCUT2D eigenvalue weighted by Gasteiger charge is -2.38.